The summed E-state index contributed by atoms with van der Waals surface area (Å²) in [6, 6.07) is 12.0. The van der Waals surface area contributed by atoms with Crippen LogP contribution in [0.3, 0.4) is 0 Å². The summed E-state index contributed by atoms with van der Waals surface area (Å²) in [7, 11) is -0.654. The number of carbonyl (C=O) groups is 1. The van der Waals surface area contributed by atoms with Gasteiger partial charge in [0.05, 0.1) is 10.5 Å². The molecule has 2 N–H and O–H groups in total. The van der Waals surface area contributed by atoms with Crippen LogP contribution in [0, 0.1) is 13.8 Å². The molecule has 0 spiro atoms. The van der Waals surface area contributed by atoms with E-state index in [0.29, 0.717) is 11.4 Å². The molecule has 156 valence electrons. The van der Waals surface area contributed by atoms with Crippen LogP contribution in [0.5, 0.6) is 0 Å². The van der Waals surface area contributed by atoms with E-state index in [-0.39, 0.29) is 10.5 Å². The third-order valence-corrected chi connectivity index (χ3v) is 6.29. The smallest absolute Gasteiger partial charge is 0.250 e. The highest BCUT2D eigenvalue weighted by atomic mass is 32.2. The van der Waals surface area contributed by atoms with Gasteiger partial charge in [-0.1, -0.05) is 29.3 Å². The second-order valence-electron chi connectivity index (χ2n) is 7.14. The first-order valence-corrected chi connectivity index (χ1v) is 10.6. The van der Waals surface area contributed by atoms with Crippen molar-refractivity contribution in [1.29, 1.82) is 0 Å². The Labute approximate surface area is 175 Å². The second kappa shape index (κ2) is 8.21. The highest BCUT2D eigenvalue weighted by Crippen LogP contribution is 2.21. The average molecular weight is 426 g/mol. The highest BCUT2D eigenvalue weighted by Gasteiger charge is 2.18. The maximum absolute atomic E-state index is 12.2. The molecule has 0 aliphatic rings. The third kappa shape index (κ3) is 4.47. The van der Waals surface area contributed by atoms with Crippen molar-refractivity contribution in [2.45, 2.75) is 18.7 Å². The number of primary amides is 1. The molecule has 0 fully saturated rings. The van der Waals surface area contributed by atoms with E-state index >= 15 is 0 Å². The molecule has 3 aromatic rings. The van der Waals surface area contributed by atoms with Crippen LogP contribution in [-0.4, -0.2) is 47.5 Å². The van der Waals surface area contributed by atoms with E-state index in [2.05, 4.69) is 16.1 Å². The lowest BCUT2D eigenvalue weighted by atomic mass is 10.1. The summed E-state index contributed by atoms with van der Waals surface area (Å²) < 4.78 is 27.0. The Balaban J connectivity index is 1.96. The lowest BCUT2D eigenvalue weighted by Crippen LogP contribution is -2.22. The molecule has 0 unspecified atom stereocenters. The van der Waals surface area contributed by atoms with Gasteiger partial charge in [0.15, 0.2) is 5.82 Å². The Morgan fingerprint density at radius 1 is 1.07 bits per heavy atom. The van der Waals surface area contributed by atoms with Crippen LogP contribution in [0.25, 0.3) is 23.2 Å². The molecule has 8 nitrogen and oxygen atoms in total. The van der Waals surface area contributed by atoms with Gasteiger partial charge < -0.3 is 5.73 Å². The predicted octanol–water partition coefficient (Wildman–Crippen LogP) is 2.30. The van der Waals surface area contributed by atoms with E-state index in [1.54, 1.807) is 0 Å². The topological polar surface area (TPSA) is 111 Å². The summed E-state index contributed by atoms with van der Waals surface area (Å²) in [5, 5.41) is 4.41. The minimum Gasteiger partial charge on any atom is -0.366 e. The van der Waals surface area contributed by atoms with Gasteiger partial charge in [-0.15, -0.1) is 5.10 Å². The monoisotopic (exact) mass is 425 g/mol. The Morgan fingerprint density at radius 2 is 1.67 bits per heavy atom. The van der Waals surface area contributed by atoms with Crippen LogP contribution in [0.1, 0.15) is 16.7 Å². The van der Waals surface area contributed by atoms with Crippen LogP contribution < -0.4 is 5.73 Å². The zero-order chi connectivity index (χ0) is 22.1. The predicted molar refractivity (Wildman–Crippen MR) is 116 cm³/mol. The summed E-state index contributed by atoms with van der Waals surface area (Å²) in [6.07, 6.45) is 2.96. The van der Waals surface area contributed by atoms with Crippen LogP contribution >= 0.6 is 0 Å². The summed E-state index contributed by atoms with van der Waals surface area (Å²) in [5.41, 5.74) is 9.28. The van der Waals surface area contributed by atoms with Crippen molar-refractivity contribution < 1.29 is 13.2 Å². The number of sulfonamides is 1. The average Bonchev–Trinajstić information content (AvgIpc) is 3.14. The standard InChI is InChI=1S/C21H23N5O3S/c1-14-9-15(2)11-17(10-14)21-23-13-26(24-21)12-19(20(22)27)16-5-7-18(8-6-16)30(28,29)25(3)4/h5-13H,1-4H3,(H2,22,27)/b19-12+. The minimum absolute atomic E-state index is 0.123. The normalized spacial score (nSPS) is 12.4. The van der Waals surface area contributed by atoms with Crippen molar-refractivity contribution in [2.24, 2.45) is 5.73 Å². The maximum atomic E-state index is 12.2. The molecule has 0 atom stereocenters. The highest BCUT2D eigenvalue weighted by molar-refractivity contribution is 7.89. The molecule has 0 aliphatic carbocycles. The van der Waals surface area contributed by atoms with Gasteiger partial charge in [-0.05, 0) is 43.7 Å². The number of hydrogen-bond donors (Lipinski definition) is 1. The van der Waals surface area contributed by atoms with Crippen molar-refractivity contribution >= 4 is 27.7 Å². The number of aryl methyl sites for hydroxylation is 2. The SMILES string of the molecule is Cc1cc(C)cc(-c2ncn(/C=C(/C(N)=O)c3ccc(S(=O)(=O)N(C)C)cc3)n2)c1. The van der Waals surface area contributed by atoms with E-state index in [1.807, 2.05) is 26.0 Å². The summed E-state index contributed by atoms with van der Waals surface area (Å²) in [4.78, 5) is 16.5. The Kier molecular flexibility index (Phi) is 5.86. The van der Waals surface area contributed by atoms with Gasteiger partial charge in [-0.2, -0.15) is 0 Å². The number of amides is 1. The molecule has 1 heterocycles. The lowest BCUT2D eigenvalue weighted by Gasteiger charge is -2.12. The quantitative estimate of drug-likeness (QED) is 0.609. The third-order valence-electron chi connectivity index (χ3n) is 4.46. The van der Waals surface area contributed by atoms with Gasteiger partial charge in [-0.25, -0.2) is 22.4 Å². The van der Waals surface area contributed by atoms with Crippen molar-refractivity contribution in [3.8, 4) is 11.4 Å². The summed E-state index contributed by atoms with van der Waals surface area (Å²) >= 11 is 0. The first kappa shape index (κ1) is 21.4. The van der Waals surface area contributed by atoms with Gasteiger partial charge in [0.1, 0.15) is 6.33 Å². The van der Waals surface area contributed by atoms with E-state index in [1.165, 1.54) is 55.6 Å². The van der Waals surface area contributed by atoms with Crippen molar-refractivity contribution in [3.63, 3.8) is 0 Å². The van der Waals surface area contributed by atoms with E-state index < -0.39 is 15.9 Å². The molecule has 0 saturated heterocycles. The first-order chi connectivity index (χ1) is 14.1. The summed E-state index contributed by atoms with van der Waals surface area (Å²) in [6.45, 7) is 4.00. The zero-order valence-electron chi connectivity index (χ0n) is 17.2. The van der Waals surface area contributed by atoms with E-state index in [9.17, 15) is 13.2 Å². The minimum atomic E-state index is -3.56. The molecule has 1 aromatic heterocycles. The van der Waals surface area contributed by atoms with Crippen LogP contribution in [0.15, 0.2) is 53.7 Å². The molecule has 3 rings (SSSR count). The van der Waals surface area contributed by atoms with E-state index in [0.717, 1.165) is 21.0 Å². The molecule has 0 aliphatic heterocycles. The van der Waals surface area contributed by atoms with Gasteiger partial charge >= 0.3 is 0 Å². The van der Waals surface area contributed by atoms with Crippen molar-refractivity contribution in [1.82, 2.24) is 19.1 Å². The molecule has 9 heteroatoms. The van der Waals surface area contributed by atoms with Gasteiger partial charge in [0.2, 0.25) is 10.0 Å². The second-order valence-corrected chi connectivity index (χ2v) is 9.30. The Hall–Kier alpha value is -3.30. The number of nitrogens with two attached hydrogens (primary N) is 1. The molecule has 0 saturated carbocycles. The van der Waals surface area contributed by atoms with Crippen LogP contribution in [-0.2, 0) is 14.8 Å². The molecular formula is C21H23N5O3S. The molecule has 30 heavy (non-hydrogen) atoms. The maximum Gasteiger partial charge on any atom is 0.250 e. The van der Waals surface area contributed by atoms with E-state index in [4.69, 9.17) is 5.73 Å². The Morgan fingerprint density at radius 3 is 2.20 bits per heavy atom. The molecule has 0 bridgehead atoms. The number of benzene rings is 2. The molecular weight excluding hydrogens is 402 g/mol. The van der Waals surface area contributed by atoms with Crippen molar-refractivity contribution in [2.75, 3.05) is 14.1 Å². The largest absolute Gasteiger partial charge is 0.366 e. The fourth-order valence-electron chi connectivity index (χ4n) is 3.00. The summed E-state index contributed by atoms with van der Waals surface area (Å²) in [5.74, 6) is -0.143. The number of aromatic nitrogens is 3. The number of carbonyl (C=O) groups excluding carboxylic acids is 1. The van der Waals surface area contributed by atoms with Gasteiger partial charge in [0.25, 0.3) is 5.91 Å². The fourth-order valence-corrected chi connectivity index (χ4v) is 3.90. The molecule has 1 amide bonds. The number of hydrogen-bond acceptors (Lipinski definition) is 5. The van der Waals surface area contributed by atoms with Crippen LogP contribution in [0.4, 0.5) is 0 Å². The molecule has 0 radical (unpaired) electrons. The Bertz CT molecular complexity index is 1210. The molecule has 2 aromatic carbocycles. The first-order valence-electron chi connectivity index (χ1n) is 9.12. The van der Waals surface area contributed by atoms with Gasteiger partial charge in [0, 0.05) is 25.9 Å². The number of nitrogens with zero attached hydrogens (tertiary/aromatic N) is 4. The fraction of sp³-hybridized carbons (Fsp3) is 0.190. The number of rotatable bonds is 6. The lowest BCUT2D eigenvalue weighted by molar-refractivity contribution is -0.112. The van der Waals surface area contributed by atoms with Crippen molar-refractivity contribution in [3.05, 3.63) is 65.5 Å². The van der Waals surface area contributed by atoms with Crippen LogP contribution in [0.2, 0.25) is 0 Å². The van der Waals surface area contributed by atoms with Gasteiger partial charge in [-0.3, -0.25) is 4.79 Å². The zero-order valence-corrected chi connectivity index (χ0v) is 18.0.